The minimum Gasteiger partial charge on any atom is -0.495 e. The molecule has 0 atom stereocenters. The van der Waals surface area contributed by atoms with Crippen LogP contribution < -0.4 is 0 Å². The van der Waals surface area contributed by atoms with Gasteiger partial charge in [-0.15, -0.1) is 0 Å². The van der Waals surface area contributed by atoms with Crippen molar-refractivity contribution in [1.29, 1.82) is 0 Å². The van der Waals surface area contributed by atoms with E-state index in [1.807, 2.05) is 12.9 Å². The molecule has 0 fully saturated rings. The molecule has 0 aliphatic rings. The maximum absolute atomic E-state index is 5.32. The zero-order chi connectivity index (χ0) is 12.6. The van der Waals surface area contributed by atoms with Crippen LogP contribution in [0.15, 0.2) is 12.3 Å². The van der Waals surface area contributed by atoms with Gasteiger partial charge in [0.2, 0.25) is 0 Å². The number of hydrogen-bond donors (Lipinski definition) is 0. The molecular formula is C16H31O. The second-order valence-corrected chi connectivity index (χ2v) is 4.73. The molecule has 0 unspecified atom stereocenters. The van der Waals surface area contributed by atoms with Crippen molar-refractivity contribution < 1.29 is 4.74 Å². The van der Waals surface area contributed by atoms with Crippen molar-refractivity contribution in [1.82, 2.24) is 0 Å². The molecular weight excluding hydrogens is 208 g/mol. The van der Waals surface area contributed by atoms with Crippen molar-refractivity contribution in [2.45, 2.75) is 84.5 Å². The molecule has 0 heterocycles. The van der Waals surface area contributed by atoms with Crippen LogP contribution in [0.4, 0.5) is 0 Å². The lowest BCUT2D eigenvalue weighted by molar-refractivity contribution is 0.315. The summed E-state index contributed by atoms with van der Waals surface area (Å²) < 4.78 is 5.32. The summed E-state index contributed by atoms with van der Waals surface area (Å²) in [6.45, 7) is 6.41. The van der Waals surface area contributed by atoms with E-state index < -0.39 is 0 Å². The first-order valence-electron chi connectivity index (χ1n) is 7.54. The highest BCUT2D eigenvalue weighted by Gasteiger charge is 1.89. The smallest absolute Gasteiger partial charge is 0.134 e. The summed E-state index contributed by atoms with van der Waals surface area (Å²) in [5.41, 5.74) is 0. The van der Waals surface area contributed by atoms with Crippen LogP contribution in [0.3, 0.4) is 0 Å². The van der Waals surface area contributed by atoms with Crippen molar-refractivity contribution in [2.75, 3.05) is 0 Å². The van der Waals surface area contributed by atoms with Crippen molar-refractivity contribution in [3.8, 4) is 0 Å². The highest BCUT2D eigenvalue weighted by Crippen LogP contribution is 2.07. The van der Waals surface area contributed by atoms with Crippen LogP contribution in [-0.4, -0.2) is 0 Å². The Balaban J connectivity index is 2.99. The molecule has 1 heteroatoms. The lowest BCUT2D eigenvalue weighted by Gasteiger charge is -1.99. The molecule has 0 spiro atoms. The van der Waals surface area contributed by atoms with Crippen LogP contribution in [0.2, 0.25) is 0 Å². The van der Waals surface area contributed by atoms with Gasteiger partial charge in [-0.05, 0) is 31.8 Å². The van der Waals surface area contributed by atoms with Crippen LogP contribution >= 0.6 is 0 Å². The number of ether oxygens (including phenoxy) is 1. The fraction of sp³-hybridized carbons (Fsp3) is 0.812. The number of allylic oxidation sites excluding steroid dienone is 1. The molecule has 0 rings (SSSR count). The molecule has 0 bridgehead atoms. The zero-order valence-electron chi connectivity index (χ0n) is 11.9. The van der Waals surface area contributed by atoms with Gasteiger partial charge in [0.25, 0.3) is 0 Å². The average molecular weight is 239 g/mol. The fourth-order valence-corrected chi connectivity index (χ4v) is 1.77. The highest BCUT2D eigenvalue weighted by atomic mass is 16.5. The van der Waals surface area contributed by atoms with Crippen molar-refractivity contribution in [3.05, 3.63) is 18.9 Å². The molecule has 101 valence electrons. The van der Waals surface area contributed by atoms with E-state index in [0.29, 0.717) is 0 Å². The lowest BCUT2D eigenvalue weighted by atomic mass is 10.1. The maximum Gasteiger partial charge on any atom is 0.134 e. The predicted octanol–water partition coefficient (Wildman–Crippen LogP) is 6.01. The minimum atomic E-state index is 1.08. The van der Waals surface area contributed by atoms with Crippen LogP contribution in [0, 0.1) is 6.61 Å². The van der Waals surface area contributed by atoms with Gasteiger partial charge < -0.3 is 4.74 Å². The predicted molar refractivity (Wildman–Crippen MR) is 76.7 cm³/mol. The summed E-state index contributed by atoms with van der Waals surface area (Å²) in [6, 6.07) is 0. The first-order chi connectivity index (χ1) is 8.41. The van der Waals surface area contributed by atoms with Gasteiger partial charge in [-0.1, -0.05) is 58.8 Å². The van der Waals surface area contributed by atoms with Gasteiger partial charge >= 0.3 is 0 Å². The Morgan fingerprint density at radius 3 is 2.06 bits per heavy atom. The Kier molecular flexibility index (Phi) is 15.1. The molecule has 0 aromatic rings. The van der Waals surface area contributed by atoms with Crippen LogP contribution in [0.1, 0.15) is 84.5 Å². The standard InChI is InChI=1S/C16H31O/c1-3-5-7-9-10-11-12-14-16-17-15-13-8-6-4-2/h14-16H,3-13H2,1-2H3/b16-14+. The van der Waals surface area contributed by atoms with E-state index in [-0.39, 0.29) is 0 Å². The molecule has 0 aromatic heterocycles. The molecule has 0 aliphatic heterocycles. The zero-order valence-corrected chi connectivity index (χ0v) is 11.9. The van der Waals surface area contributed by atoms with Gasteiger partial charge in [0.15, 0.2) is 0 Å². The summed E-state index contributed by atoms with van der Waals surface area (Å²) in [7, 11) is 0. The van der Waals surface area contributed by atoms with Gasteiger partial charge in [-0.25, -0.2) is 0 Å². The van der Waals surface area contributed by atoms with Gasteiger partial charge in [-0.3, -0.25) is 0 Å². The normalized spacial score (nSPS) is 11.2. The van der Waals surface area contributed by atoms with Crippen LogP contribution in [-0.2, 0) is 4.74 Å². The summed E-state index contributed by atoms with van der Waals surface area (Å²) in [4.78, 5) is 0. The Morgan fingerprint density at radius 2 is 1.29 bits per heavy atom. The Bertz CT molecular complexity index is 152. The molecule has 1 radical (unpaired) electrons. The molecule has 0 amide bonds. The first-order valence-corrected chi connectivity index (χ1v) is 7.54. The van der Waals surface area contributed by atoms with Crippen LogP contribution in [0.25, 0.3) is 0 Å². The second kappa shape index (κ2) is 15.5. The van der Waals surface area contributed by atoms with Gasteiger partial charge in [-0.2, -0.15) is 0 Å². The Hall–Kier alpha value is -0.460. The Labute approximate surface area is 109 Å². The maximum atomic E-state index is 5.32. The van der Waals surface area contributed by atoms with E-state index in [1.54, 1.807) is 0 Å². The van der Waals surface area contributed by atoms with Crippen LogP contribution in [0.5, 0.6) is 0 Å². The molecule has 0 saturated heterocycles. The number of hydrogen-bond acceptors (Lipinski definition) is 1. The van der Waals surface area contributed by atoms with E-state index in [2.05, 4.69) is 19.9 Å². The average Bonchev–Trinajstić information content (AvgIpc) is 2.35. The van der Waals surface area contributed by atoms with E-state index in [4.69, 9.17) is 4.74 Å². The third-order valence-corrected chi connectivity index (χ3v) is 2.92. The quantitative estimate of drug-likeness (QED) is 0.282. The number of unbranched alkanes of at least 4 members (excludes halogenated alkanes) is 9. The summed E-state index contributed by atoms with van der Waals surface area (Å²) in [6.07, 6.45) is 18.3. The molecule has 1 nitrogen and oxygen atoms in total. The third kappa shape index (κ3) is 15.5. The van der Waals surface area contributed by atoms with Gasteiger partial charge in [0.05, 0.1) is 6.26 Å². The highest BCUT2D eigenvalue weighted by molar-refractivity contribution is 4.74. The SMILES string of the molecule is CCCCC[CH]O/C=C/CCCCCCCC. The van der Waals surface area contributed by atoms with E-state index in [9.17, 15) is 0 Å². The fourth-order valence-electron chi connectivity index (χ4n) is 1.77. The van der Waals surface area contributed by atoms with E-state index >= 15 is 0 Å². The molecule has 0 N–H and O–H groups in total. The summed E-state index contributed by atoms with van der Waals surface area (Å²) in [5.74, 6) is 0. The molecule has 0 saturated carbocycles. The van der Waals surface area contributed by atoms with E-state index in [0.717, 1.165) is 12.8 Å². The minimum absolute atomic E-state index is 1.08. The molecule has 17 heavy (non-hydrogen) atoms. The van der Waals surface area contributed by atoms with Gasteiger partial charge in [0, 0.05) is 0 Å². The largest absolute Gasteiger partial charge is 0.495 e. The monoisotopic (exact) mass is 239 g/mol. The topological polar surface area (TPSA) is 9.23 Å². The van der Waals surface area contributed by atoms with E-state index in [1.165, 1.54) is 57.8 Å². The first kappa shape index (κ1) is 16.5. The Morgan fingerprint density at radius 1 is 0.706 bits per heavy atom. The van der Waals surface area contributed by atoms with Gasteiger partial charge in [0.1, 0.15) is 6.61 Å². The molecule has 0 aromatic carbocycles. The van der Waals surface area contributed by atoms with Crippen molar-refractivity contribution in [2.24, 2.45) is 0 Å². The summed E-state index contributed by atoms with van der Waals surface area (Å²) in [5, 5.41) is 0. The van der Waals surface area contributed by atoms with Crippen molar-refractivity contribution >= 4 is 0 Å². The second-order valence-electron chi connectivity index (χ2n) is 4.73. The third-order valence-electron chi connectivity index (χ3n) is 2.92. The lowest BCUT2D eigenvalue weighted by Crippen LogP contribution is -1.81. The summed E-state index contributed by atoms with van der Waals surface area (Å²) >= 11 is 0. The molecule has 0 aliphatic carbocycles. The van der Waals surface area contributed by atoms with Crippen molar-refractivity contribution in [3.63, 3.8) is 0 Å². The number of rotatable bonds is 13.